The Kier molecular flexibility index (Phi) is 3.57. The number of hydrogen-bond donors (Lipinski definition) is 3. The van der Waals surface area contributed by atoms with E-state index in [1.165, 1.54) is 0 Å². The molecule has 2 heterocycles. The van der Waals surface area contributed by atoms with Crippen molar-refractivity contribution in [1.29, 1.82) is 0 Å². The average molecular weight is 301 g/mol. The molecule has 1 atom stereocenters. The van der Waals surface area contributed by atoms with Crippen LogP contribution in [0, 0.1) is 0 Å². The molecular formula is C14H15N5OS. The molecular weight excluding hydrogens is 286 g/mol. The van der Waals surface area contributed by atoms with Crippen molar-refractivity contribution < 1.29 is 0 Å². The van der Waals surface area contributed by atoms with Crippen LogP contribution in [0.1, 0.15) is 24.4 Å². The molecule has 0 aliphatic heterocycles. The van der Waals surface area contributed by atoms with Crippen molar-refractivity contribution in [3.05, 3.63) is 45.1 Å². The predicted octanol–water partition coefficient (Wildman–Crippen LogP) is 2.53. The van der Waals surface area contributed by atoms with Gasteiger partial charge in [0.25, 0.3) is 5.56 Å². The number of benzene rings is 1. The van der Waals surface area contributed by atoms with Gasteiger partial charge < -0.3 is 11.1 Å². The number of nitrogens with two attached hydrogens (primary N) is 1. The maximum Gasteiger partial charge on any atom is 0.260 e. The van der Waals surface area contributed by atoms with E-state index in [9.17, 15) is 4.79 Å². The largest absolute Gasteiger partial charge is 0.399 e. The predicted molar refractivity (Wildman–Crippen MR) is 85.5 cm³/mol. The fourth-order valence-corrected chi connectivity index (χ4v) is 2.91. The molecule has 0 fully saturated rings. The Bertz CT molecular complexity index is 812. The third-order valence-electron chi connectivity index (χ3n) is 3.20. The van der Waals surface area contributed by atoms with Gasteiger partial charge in [0.2, 0.25) is 5.95 Å². The molecule has 4 N–H and O–H groups in total. The fourth-order valence-electron chi connectivity index (χ4n) is 2.13. The Balaban J connectivity index is 1.97. The van der Waals surface area contributed by atoms with Gasteiger partial charge in [0.1, 0.15) is 5.01 Å². The molecule has 0 radical (unpaired) electrons. The van der Waals surface area contributed by atoms with Crippen molar-refractivity contribution in [1.82, 2.24) is 15.0 Å². The van der Waals surface area contributed by atoms with Gasteiger partial charge in [-0.25, -0.2) is 9.97 Å². The molecule has 0 bridgehead atoms. The van der Waals surface area contributed by atoms with Gasteiger partial charge in [0.15, 0.2) is 0 Å². The number of anilines is 2. The van der Waals surface area contributed by atoms with E-state index >= 15 is 0 Å². The van der Waals surface area contributed by atoms with Crippen LogP contribution < -0.4 is 16.6 Å². The third-order valence-corrected chi connectivity index (χ3v) is 4.09. The van der Waals surface area contributed by atoms with Crippen molar-refractivity contribution in [3.63, 3.8) is 0 Å². The van der Waals surface area contributed by atoms with Crippen LogP contribution in [-0.4, -0.2) is 15.0 Å². The smallest absolute Gasteiger partial charge is 0.260 e. The van der Waals surface area contributed by atoms with Gasteiger partial charge in [-0.2, -0.15) is 0 Å². The van der Waals surface area contributed by atoms with Gasteiger partial charge in [0.05, 0.1) is 16.9 Å². The highest BCUT2D eigenvalue weighted by atomic mass is 32.1. The van der Waals surface area contributed by atoms with Crippen LogP contribution in [0.5, 0.6) is 0 Å². The van der Waals surface area contributed by atoms with Crippen LogP contribution in [0.15, 0.2) is 34.6 Å². The number of nitrogens with zero attached hydrogens (tertiary/aromatic N) is 2. The second kappa shape index (κ2) is 5.53. The molecule has 21 heavy (non-hydrogen) atoms. The number of fused-ring (bicyclic) bond motifs is 1. The van der Waals surface area contributed by atoms with Crippen molar-refractivity contribution in [2.75, 3.05) is 11.1 Å². The highest BCUT2D eigenvalue weighted by Gasteiger charge is 2.13. The zero-order chi connectivity index (χ0) is 14.8. The van der Waals surface area contributed by atoms with Crippen LogP contribution in [0.25, 0.3) is 10.9 Å². The summed E-state index contributed by atoms with van der Waals surface area (Å²) in [5.41, 5.74) is 6.65. The zero-order valence-corrected chi connectivity index (χ0v) is 12.3. The van der Waals surface area contributed by atoms with Gasteiger partial charge in [-0.3, -0.25) is 9.78 Å². The normalized spacial score (nSPS) is 12.4. The summed E-state index contributed by atoms with van der Waals surface area (Å²) in [7, 11) is 0. The molecule has 2 aromatic heterocycles. The van der Waals surface area contributed by atoms with E-state index in [0.29, 0.717) is 22.5 Å². The first-order valence-electron chi connectivity index (χ1n) is 6.63. The minimum Gasteiger partial charge on any atom is -0.399 e. The molecule has 1 aromatic carbocycles. The van der Waals surface area contributed by atoms with Gasteiger partial charge in [-0.15, -0.1) is 11.3 Å². The minimum absolute atomic E-state index is 0.0272. The zero-order valence-electron chi connectivity index (χ0n) is 11.5. The minimum atomic E-state index is -0.205. The number of aromatic nitrogens is 3. The fraction of sp³-hybridized carbons (Fsp3) is 0.214. The van der Waals surface area contributed by atoms with Crippen LogP contribution in [0.4, 0.5) is 11.6 Å². The number of hydrogen-bond acceptors (Lipinski definition) is 6. The summed E-state index contributed by atoms with van der Waals surface area (Å²) in [5, 5.41) is 6.62. The second-order valence-corrected chi connectivity index (χ2v) is 5.59. The number of aromatic amines is 1. The van der Waals surface area contributed by atoms with E-state index < -0.39 is 0 Å². The van der Waals surface area contributed by atoms with Gasteiger partial charge in [-0.1, -0.05) is 6.92 Å². The van der Waals surface area contributed by atoms with Crippen LogP contribution in [0.2, 0.25) is 0 Å². The number of nitrogens with one attached hydrogen (secondary N) is 2. The van der Waals surface area contributed by atoms with Gasteiger partial charge in [-0.05, 0) is 24.6 Å². The molecule has 0 saturated heterocycles. The highest BCUT2D eigenvalue weighted by molar-refractivity contribution is 7.09. The molecule has 0 amide bonds. The molecule has 7 heteroatoms. The Morgan fingerprint density at radius 1 is 1.48 bits per heavy atom. The van der Waals surface area contributed by atoms with E-state index in [1.807, 2.05) is 5.38 Å². The molecule has 6 nitrogen and oxygen atoms in total. The van der Waals surface area contributed by atoms with Crippen molar-refractivity contribution in [2.45, 2.75) is 19.4 Å². The summed E-state index contributed by atoms with van der Waals surface area (Å²) in [6.07, 6.45) is 2.61. The standard InChI is InChI=1S/C14H15N5OS/c1-2-10(13-16-5-6-21-13)17-14-18-11-4-3-8(15)7-9(11)12(20)19-14/h3-7,10H,2,15H2,1H3,(H2,17,18,19,20). The van der Waals surface area contributed by atoms with E-state index in [0.717, 1.165) is 11.4 Å². The number of H-pyrrole nitrogens is 1. The SMILES string of the molecule is CCC(Nc1nc2ccc(N)cc2c(=O)[nH]1)c1nccs1. The van der Waals surface area contributed by atoms with Crippen molar-refractivity contribution in [2.24, 2.45) is 0 Å². The lowest BCUT2D eigenvalue weighted by Crippen LogP contribution is -2.17. The number of thiazole rings is 1. The van der Waals surface area contributed by atoms with Crippen molar-refractivity contribution in [3.8, 4) is 0 Å². The van der Waals surface area contributed by atoms with E-state index in [2.05, 4.69) is 27.2 Å². The molecule has 3 rings (SSSR count). The Morgan fingerprint density at radius 2 is 2.33 bits per heavy atom. The second-order valence-electron chi connectivity index (χ2n) is 4.67. The third kappa shape index (κ3) is 2.73. The van der Waals surface area contributed by atoms with Crippen LogP contribution in [-0.2, 0) is 0 Å². The van der Waals surface area contributed by atoms with Crippen LogP contribution in [0.3, 0.4) is 0 Å². The molecule has 108 valence electrons. The molecule has 3 aromatic rings. The summed E-state index contributed by atoms with van der Waals surface area (Å²) in [6, 6.07) is 5.13. The summed E-state index contributed by atoms with van der Waals surface area (Å²) < 4.78 is 0. The summed E-state index contributed by atoms with van der Waals surface area (Å²) in [4.78, 5) is 23.6. The van der Waals surface area contributed by atoms with Crippen molar-refractivity contribution >= 4 is 33.9 Å². The summed E-state index contributed by atoms with van der Waals surface area (Å²) >= 11 is 1.57. The molecule has 0 aliphatic rings. The first-order valence-corrected chi connectivity index (χ1v) is 7.51. The quantitative estimate of drug-likeness (QED) is 0.643. The molecule has 0 spiro atoms. The molecule has 0 saturated carbocycles. The lowest BCUT2D eigenvalue weighted by molar-refractivity contribution is 0.732. The molecule has 0 aliphatic carbocycles. The Labute approximate surface area is 125 Å². The highest BCUT2D eigenvalue weighted by Crippen LogP contribution is 2.22. The van der Waals surface area contributed by atoms with Gasteiger partial charge in [0, 0.05) is 17.3 Å². The molecule has 1 unspecified atom stereocenters. The van der Waals surface area contributed by atoms with E-state index in [4.69, 9.17) is 5.73 Å². The first kappa shape index (κ1) is 13.6. The lowest BCUT2D eigenvalue weighted by atomic mass is 10.2. The number of rotatable bonds is 4. The van der Waals surface area contributed by atoms with Gasteiger partial charge >= 0.3 is 0 Å². The maximum absolute atomic E-state index is 12.1. The first-order chi connectivity index (χ1) is 10.2. The van der Waals surface area contributed by atoms with Crippen LogP contribution >= 0.6 is 11.3 Å². The Morgan fingerprint density at radius 3 is 3.05 bits per heavy atom. The monoisotopic (exact) mass is 301 g/mol. The van der Waals surface area contributed by atoms with E-state index in [1.54, 1.807) is 35.7 Å². The average Bonchev–Trinajstić information content (AvgIpc) is 2.99. The van der Waals surface area contributed by atoms with E-state index in [-0.39, 0.29) is 11.6 Å². The summed E-state index contributed by atoms with van der Waals surface area (Å²) in [5.74, 6) is 0.444. The lowest BCUT2D eigenvalue weighted by Gasteiger charge is -2.14. The number of nitrogen functional groups attached to an aromatic ring is 1. The maximum atomic E-state index is 12.1. The Hall–Kier alpha value is -2.41. The summed E-state index contributed by atoms with van der Waals surface area (Å²) in [6.45, 7) is 2.05. The topological polar surface area (TPSA) is 96.7 Å².